The molecule has 1 aromatic rings. The Bertz CT molecular complexity index is 520. The third-order valence-electron chi connectivity index (χ3n) is 2.84. The number of carbonyl (C=O) groups is 1. The van der Waals surface area contributed by atoms with Crippen LogP contribution in [0.1, 0.15) is 31.9 Å². The Balaban J connectivity index is 3.05. The molecule has 0 spiro atoms. The zero-order valence-electron chi connectivity index (χ0n) is 11.6. The summed E-state index contributed by atoms with van der Waals surface area (Å²) in [6.07, 6.45) is -3.68. The zero-order chi connectivity index (χ0) is 16.2. The van der Waals surface area contributed by atoms with Gasteiger partial charge in [0, 0.05) is 12.3 Å². The SMILES string of the molecule is CC(C)C[C@H](N[C@@H](c1ccc(=O)[nH]c1)C(F)(F)F)C(=O)O. The van der Waals surface area contributed by atoms with Gasteiger partial charge in [0.2, 0.25) is 5.56 Å². The fraction of sp³-hybridized carbons (Fsp3) is 0.538. The number of hydrogen-bond acceptors (Lipinski definition) is 3. The number of aliphatic carboxylic acids is 1. The van der Waals surface area contributed by atoms with E-state index in [-0.39, 0.29) is 17.9 Å². The molecule has 0 unspecified atom stereocenters. The summed E-state index contributed by atoms with van der Waals surface area (Å²) in [6, 6.07) is -1.50. The van der Waals surface area contributed by atoms with Crippen LogP contribution in [0.4, 0.5) is 13.2 Å². The van der Waals surface area contributed by atoms with E-state index in [1.807, 2.05) is 0 Å². The summed E-state index contributed by atoms with van der Waals surface area (Å²) in [7, 11) is 0. The number of pyridine rings is 1. The molecule has 21 heavy (non-hydrogen) atoms. The number of halogens is 3. The van der Waals surface area contributed by atoms with Crippen molar-refractivity contribution < 1.29 is 23.1 Å². The van der Waals surface area contributed by atoms with Gasteiger partial charge in [-0.3, -0.25) is 14.9 Å². The molecular weight excluding hydrogens is 289 g/mol. The van der Waals surface area contributed by atoms with Crippen molar-refractivity contribution in [2.24, 2.45) is 5.92 Å². The van der Waals surface area contributed by atoms with Gasteiger partial charge >= 0.3 is 12.1 Å². The molecule has 2 atom stereocenters. The van der Waals surface area contributed by atoms with E-state index in [0.717, 1.165) is 18.3 Å². The Kier molecular flexibility index (Phi) is 5.54. The topological polar surface area (TPSA) is 82.2 Å². The van der Waals surface area contributed by atoms with E-state index >= 15 is 0 Å². The number of H-pyrrole nitrogens is 1. The molecule has 0 radical (unpaired) electrons. The zero-order valence-corrected chi connectivity index (χ0v) is 11.6. The summed E-state index contributed by atoms with van der Waals surface area (Å²) in [6.45, 7) is 3.44. The Morgan fingerprint density at radius 3 is 2.38 bits per heavy atom. The number of hydrogen-bond donors (Lipinski definition) is 3. The summed E-state index contributed by atoms with van der Waals surface area (Å²) in [5, 5.41) is 11.2. The van der Waals surface area contributed by atoms with Crippen LogP contribution in [-0.4, -0.2) is 28.3 Å². The smallest absolute Gasteiger partial charge is 0.407 e. The Morgan fingerprint density at radius 2 is 2.00 bits per heavy atom. The number of carboxylic acid groups (broad SMARTS) is 1. The molecular formula is C13H17F3N2O3. The third kappa shape index (κ3) is 5.22. The lowest BCUT2D eigenvalue weighted by atomic mass is 10.0. The second-order valence-electron chi connectivity index (χ2n) is 5.15. The third-order valence-corrected chi connectivity index (χ3v) is 2.84. The summed E-state index contributed by atoms with van der Waals surface area (Å²) < 4.78 is 39.4. The normalized spacial score (nSPS) is 15.0. The molecule has 0 aliphatic carbocycles. The van der Waals surface area contributed by atoms with Gasteiger partial charge in [0.05, 0.1) is 0 Å². The highest BCUT2D eigenvalue weighted by Gasteiger charge is 2.43. The molecule has 5 nitrogen and oxygen atoms in total. The fourth-order valence-corrected chi connectivity index (χ4v) is 1.89. The van der Waals surface area contributed by atoms with E-state index in [1.165, 1.54) is 0 Å². The van der Waals surface area contributed by atoms with E-state index in [0.29, 0.717) is 0 Å². The second-order valence-corrected chi connectivity index (χ2v) is 5.15. The van der Waals surface area contributed by atoms with Crippen LogP contribution in [0.3, 0.4) is 0 Å². The molecule has 118 valence electrons. The van der Waals surface area contributed by atoms with Crippen LogP contribution in [0.2, 0.25) is 0 Å². The maximum Gasteiger partial charge on any atom is 0.407 e. The predicted molar refractivity (Wildman–Crippen MR) is 69.9 cm³/mol. The van der Waals surface area contributed by atoms with Crippen LogP contribution >= 0.6 is 0 Å². The van der Waals surface area contributed by atoms with E-state index in [9.17, 15) is 22.8 Å². The van der Waals surface area contributed by atoms with Crippen molar-refractivity contribution in [3.05, 3.63) is 34.2 Å². The van der Waals surface area contributed by atoms with E-state index < -0.39 is 29.8 Å². The fourth-order valence-electron chi connectivity index (χ4n) is 1.89. The summed E-state index contributed by atoms with van der Waals surface area (Å²) in [5.41, 5.74) is -0.770. The number of nitrogens with one attached hydrogen (secondary N) is 2. The first-order valence-corrected chi connectivity index (χ1v) is 6.35. The lowest BCUT2D eigenvalue weighted by molar-refractivity contribution is -0.163. The van der Waals surface area contributed by atoms with Gasteiger partial charge in [0.15, 0.2) is 0 Å². The minimum Gasteiger partial charge on any atom is -0.480 e. The molecule has 0 amide bonds. The van der Waals surface area contributed by atoms with Gasteiger partial charge in [-0.2, -0.15) is 13.2 Å². The number of carboxylic acids is 1. The first-order chi connectivity index (χ1) is 9.61. The first-order valence-electron chi connectivity index (χ1n) is 6.35. The average Bonchev–Trinajstić information content (AvgIpc) is 2.33. The van der Waals surface area contributed by atoms with Gasteiger partial charge in [-0.15, -0.1) is 0 Å². The average molecular weight is 306 g/mol. The van der Waals surface area contributed by atoms with Crippen molar-refractivity contribution in [1.82, 2.24) is 10.3 Å². The minimum absolute atomic E-state index is 0.0608. The van der Waals surface area contributed by atoms with Crippen molar-refractivity contribution in [2.75, 3.05) is 0 Å². The highest BCUT2D eigenvalue weighted by atomic mass is 19.4. The molecule has 0 aliphatic heterocycles. The molecule has 0 aliphatic rings. The number of alkyl halides is 3. The van der Waals surface area contributed by atoms with Gasteiger partial charge < -0.3 is 10.1 Å². The molecule has 8 heteroatoms. The van der Waals surface area contributed by atoms with Crippen LogP contribution < -0.4 is 10.9 Å². The van der Waals surface area contributed by atoms with Gasteiger partial charge in [-0.1, -0.05) is 19.9 Å². The number of rotatable bonds is 6. The van der Waals surface area contributed by atoms with Gasteiger partial charge in [0.1, 0.15) is 12.1 Å². The summed E-state index contributed by atoms with van der Waals surface area (Å²) in [5.74, 6) is -1.43. The van der Waals surface area contributed by atoms with Gasteiger partial charge in [-0.05, 0) is 17.9 Å². The molecule has 0 bridgehead atoms. The van der Waals surface area contributed by atoms with Crippen molar-refractivity contribution in [3.8, 4) is 0 Å². The standard InChI is InChI=1S/C13H17F3N2O3/c1-7(2)5-9(12(20)21)18-11(13(14,15)16)8-3-4-10(19)17-6-8/h3-4,6-7,9,11,18H,5H2,1-2H3,(H,17,19)(H,20,21)/t9-,11-/m0/s1. The molecule has 1 aromatic heterocycles. The van der Waals surface area contributed by atoms with Crippen LogP contribution in [0.25, 0.3) is 0 Å². The van der Waals surface area contributed by atoms with Crippen LogP contribution in [-0.2, 0) is 4.79 Å². The summed E-state index contributed by atoms with van der Waals surface area (Å²) in [4.78, 5) is 24.2. The largest absolute Gasteiger partial charge is 0.480 e. The highest BCUT2D eigenvalue weighted by Crippen LogP contribution is 2.32. The molecule has 0 saturated heterocycles. The Morgan fingerprint density at radius 1 is 1.38 bits per heavy atom. The molecule has 0 fully saturated rings. The predicted octanol–water partition coefficient (Wildman–Crippen LogP) is 2.07. The van der Waals surface area contributed by atoms with Crippen LogP contribution in [0.5, 0.6) is 0 Å². The lowest BCUT2D eigenvalue weighted by Crippen LogP contribution is -2.45. The maximum atomic E-state index is 13.1. The first kappa shape index (κ1) is 17.2. The Hall–Kier alpha value is -1.83. The molecule has 3 N–H and O–H groups in total. The highest BCUT2D eigenvalue weighted by molar-refractivity contribution is 5.73. The van der Waals surface area contributed by atoms with Gasteiger partial charge in [-0.25, -0.2) is 0 Å². The summed E-state index contributed by atoms with van der Waals surface area (Å²) >= 11 is 0. The minimum atomic E-state index is -4.68. The monoisotopic (exact) mass is 306 g/mol. The molecule has 1 rings (SSSR count). The number of aromatic amines is 1. The van der Waals surface area contributed by atoms with Crippen molar-refractivity contribution >= 4 is 5.97 Å². The number of aromatic nitrogens is 1. The molecule has 0 aromatic carbocycles. The van der Waals surface area contributed by atoms with Crippen molar-refractivity contribution in [2.45, 2.75) is 38.5 Å². The van der Waals surface area contributed by atoms with E-state index in [4.69, 9.17) is 5.11 Å². The maximum absolute atomic E-state index is 13.1. The van der Waals surface area contributed by atoms with E-state index in [2.05, 4.69) is 10.3 Å². The quantitative estimate of drug-likeness (QED) is 0.751. The Labute approximate surface area is 119 Å². The van der Waals surface area contributed by atoms with E-state index in [1.54, 1.807) is 13.8 Å². The molecule has 0 saturated carbocycles. The van der Waals surface area contributed by atoms with Crippen molar-refractivity contribution in [3.63, 3.8) is 0 Å². The van der Waals surface area contributed by atoms with Gasteiger partial charge in [0.25, 0.3) is 0 Å². The van der Waals surface area contributed by atoms with Crippen LogP contribution in [0.15, 0.2) is 23.1 Å². The molecule has 1 heterocycles. The lowest BCUT2D eigenvalue weighted by Gasteiger charge is -2.26. The van der Waals surface area contributed by atoms with Crippen LogP contribution in [0, 0.1) is 5.92 Å². The second kappa shape index (κ2) is 6.75. The van der Waals surface area contributed by atoms with Crippen molar-refractivity contribution in [1.29, 1.82) is 0 Å².